The topological polar surface area (TPSA) is 60.8 Å². The van der Waals surface area contributed by atoms with Gasteiger partial charge in [-0.3, -0.25) is 5.32 Å². The molecule has 0 radical (unpaired) electrons. The molecule has 1 aromatic heterocycles. The molecule has 0 spiro atoms. The summed E-state index contributed by atoms with van der Waals surface area (Å²) in [6, 6.07) is 10.1. The molecule has 0 fully saturated rings. The van der Waals surface area contributed by atoms with Crippen molar-refractivity contribution >= 4 is 10.9 Å². The first-order chi connectivity index (χ1) is 9.36. The number of aromatic amines is 1. The van der Waals surface area contributed by atoms with Crippen molar-refractivity contribution in [2.45, 2.75) is 19.4 Å². The number of nitrogens with one attached hydrogen (secondary N) is 2. The SMILES string of the molecule is CCOCCCNC(C#N)c1c[nH]c2ccccc12. The van der Waals surface area contributed by atoms with Gasteiger partial charge >= 0.3 is 0 Å². The fraction of sp³-hybridized carbons (Fsp3) is 0.400. The molecular weight excluding hydrogens is 238 g/mol. The molecule has 0 aliphatic rings. The van der Waals surface area contributed by atoms with E-state index in [0.717, 1.165) is 42.6 Å². The molecule has 1 atom stereocenters. The Balaban J connectivity index is 2.00. The van der Waals surface area contributed by atoms with Gasteiger partial charge in [0.25, 0.3) is 0 Å². The third-order valence-corrected chi connectivity index (χ3v) is 3.08. The van der Waals surface area contributed by atoms with Crippen molar-refractivity contribution in [3.63, 3.8) is 0 Å². The van der Waals surface area contributed by atoms with Gasteiger partial charge in [-0.05, 0) is 26.0 Å². The number of ether oxygens (including phenoxy) is 1. The van der Waals surface area contributed by atoms with Crippen LogP contribution in [0.4, 0.5) is 0 Å². The number of benzene rings is 1. The summed E-state index contributed by atoms with van der Waals surface area (Å²) in [7, 11) is 0. The first-order valence-corrected chi connectivity index (χ1v) is 6.63. The standard InChI is InChI=1S/C15H19N3O/c1-2-19-9-5-8-17-15(10-16)13-11-18-14-7-4-3-6-12(13)14/h3-4,6-7,11,15,17-18H,2,5,8-9H2,1H3. The van der Waals surface area contributed by atoms with Crippen LogP contribution in [0.2, 0.25) is 0 Å². The second kappa shape index (κ2) is 6.93. The van der Waals surface area contributed by atoms with Crippen molar-refractivity contribution in [3.8, 4) is 6.07 Å². The number of aromatic nitrogens is 1. The fourth-order valence-corrected chi connectivity index (χ4v) is 2.12. The minimum atomic E-state index is -0.280. The summed E-state index contributed by atoms with van der Waals surface area (Å²) in [5.74, 6) is 0. The lowest BCUT2D eigenvalue weighted by Gasteiger charge is -2.10. The zero-order valence-corrected chi connectivity index (χ0v) is 11.1. The van der Waals surface area contributed by atoms with Crippen molar-refractivity contribution in [3.05, 3.63) is 36.0 Å². The minimum Gasteiger partial charge on any atom is -0.382 e. The molecule has 2 rings (SSSR count). The lowest BCUT2D eigenvalue weighted by Crippen LogP contribution is -2.22. The first kappa shape index (κ1) is 13.6. The highest BCUT2D eigenvalue weighted by Gasteiger charge is 2.13. The number of para-hydroxylation sites is 1. The van der Waals surface area contributed by atoms with E-state index in [1.165, 1.54) is 0 Å². The van der Waals surface area contributed by atoms with E-state index >= 15 is 0 Å². The maximum Gasteiger partial charge on any atom is 0.123 e. The monoisotopic (exact) mass is 257 g/mol. The van der Waals surface area contributed by atoms with Crippen LogP contribution in [0.1, 0.15) is 24.9 Å². The average molecular weight is 257 g/mol. The highest BCUT2D eigenvalue weighted by molar-refractivity contribution is 5.83. The number of rotatable bonds is 7. The second-order valence-electron chi connectivity index (χ2n) is 4.36. The van der Waals surface area contributed by atoms with E-state index < -0.39 is 0 Å². The molecule has 4 heteroatoms. The predicted molar refractivity (Wildman–Crippen MR) is 75.8 cm³/mol. The third-order valence-electron chi connectivity index (χ3n) is 3.08. The van der Waals surface area contributed by atoms with Crippen LogP contribution in [0.25, 0.3) is 10.9 Å². The third kappa shape index (κ3) is 3.34. The number of H-pyrrole nitrogens is 1. The van der Waals surface area contributed by atoms with Gasteiger partial charge in [-0.25, -0.2) is 0 Å². The van der Waals surface area contributed by atoms with E-state index in [9.17, 15) is 5.26 Å². The summed E-state index contributed by atoms with van der Waals surface area (Å²) < 4.78 is 5.28. The van der Waals surface area contributed by atoms with Crippen molar-refractivity contribution in [1.29, 1.82) is 5.26 Å². The Morgan fingerprint density at radius 2 is 2.26 bits per heavy atom. The van der Waals surface area contributed by atoms with Gasteiger partial charge in [0.15, 0.2) is 0 Å². The normalized spacial score (nSPS) is 12.4. The molecular formula is C15H19N3O. The zero-order valence-electron chi connectivity index (χ0n) is 11.1. The Kier molecular flexibility index (Phi) is 4.96. The maximum absolute atomic E-state index is 9.30. The van der Waals surface area contributed by atoms with Gasteiger partial charge in [-0.15, -0.1) is 0 Å². The number of hydrogen-bond acceptors (Lipinski definition) is 3. The molecule has 1 unspecified atom stereocenters. The molecule has 1 heterocycles. The maximum atomic E-state index is 9.30. The average Bonchev–Trinajstić information content (AvgIpc) is 2.87. The molecule has 0 saturated heterocycles. The molecule has 1 aromatic carbocycles. The van der Waals surface area contributed by atoms with Gasteiger partial charge in [-0.1, -0.05) is 18.2 Å². The van der Waals surface area contributed by atoms with E-state index in [4.69, 9.17) is 4.74 Å². The highest BCUT2D eigenvalue weighted by atomic mass is 16.5. The molecule has 2 aromatic rings. The molecule has 2 N–H and O–H groups in total. The van der Waals surface area contributed by atoms with Crippen molar-refractivity contribution in [2.75, 3.05) is 19.8 Å². The lowest BCUT2D eigenvalue weighted by atomic mass is 10.1. The Morgan fingerprint density at radius 3 is 3.05 bits per heavy atom. The molecule has 0 aliphatic heterocycles. The second-order valence-corrected chi connectivity index (χ2v) is 4.36. The van der Waals surface area contributed by atoms with Crippen LogP contribution < -0.4 is 5.32 Å². The number of fused-ring (bicyclic) bond motifs is 1. The molecule has 0 saturated carbocycles. The van der Waals surface area contributed by atoms with E-state index in [2.05, 4.69) is 16.4 Å². The van der Waals surface area contributed by atoms with Crippen LogP contribution in [0.5, 0.6) is 0 Å². The Labute approximate surface area is 113 Å². The summed E-state index contributed by atoms with van der Waals surface area (Å²) >= 11 is 0. The highest BCUT2D eigenvalue weighted by Crippen LogP contribution is 2.23. The Morgan fingerprint density at radius 1 is 1.42 bits per heavy atom. The van der Waals surface area contributed by atoms with Crippen LogP contribution in [-0.4, -0.2) is 24.7 Å². The fourth-order valence-electron chi connectivity index (χ4n) is 2.12. The molecule has 0 bridgehead atoms. The predicted octanol–water partition coefficient (Wildman–Crippen LogP) is 2.75. The van der Waals surface area contributed by atoms with Gasteiger partial charge in [0.2, 0.25) is 0 Å². The van der Waals surface area contributed by atoms with Crippen molar-refractivity contribution in [2.24, 2.45) is 0 Å². The van der Waals surface area contributed by atoms with E-state index in [-0.39, 0.29) is 6.04 Å². The first-order valence-electron chi connectivity index (χ1n) is 6.63. The van der Waals surface area contributed by atoms with Crippen LogP contribution in [0.3, 0.4) is 0 Å². The summed E-state index contributed by atoms with van der Waals surface area (Å²) in [5.41, 5.74) is 2.07. The van der Waals surface area contributed by atoms with Crippen molar-refractivity contribution in [1.82, 2.24) is 10.3 Å². The lowest BCUT2D eigenvalue weighted by molar-refractivity contribution is 0.144. The molecule has 4 nitrogen and oxygen atoms in total. The zero-order chi connectivity index (χ0) is 13.5. The van der Waals surface area contributed by atoms with E-state index in [1.54, 1.807) is 0 Å². The summed E-state index contributed by atoms with van der Waals surface area (Å²) in [4.78, 5) is 3.20. The number of nitrogens with zero attached hydrogens (tertiary/aromatic N) is 1. The largest absolute Gasteiger partial charge is 0.382 e. The molecule has 19 heavy (non-hydrogen) atoms. The minimum absolute atomic E-state index is 0.280. The molecule has 0 aliphatic carbocycles. The van der Waals surface area contributed by atoms with Gasteiger partial charge in [0.1, 0.15) is 6.04 Å². The van der Waals surface area contributed by atoms with Crippen LogP contribution in [0, 0.1) is 11.3 Å². The van der Waals surface area contributed by atoms with Gasteiger partial charge in [-0.2, -0.15) is 5.26 Å². The summed E-state index contributed by atoms with van der Waals surface area (Å²) in [6.07, 6.45) is 2.82. The number of nitriles is 1. The van der Waals surface area contributed by atoms with Gasteiger partial charge in [0.05, 0.1) is 6.07 Å². The van der Waals surface area contributed by atoms with E-state index in [0.29, 0.717) is 0 Å². The van der Waals surface area contributed by atoms with Crippen molar-refractivity contribution < 1.29 is 4.74 Å². The van der Waals surface area contributed by atoms with Gasteiger partial charge in [0, 0.05) is 35.9 Å². The van der Waals surface area contributed by atoms with Crippen LogP contribution in [0.15, 0.2) is 30.5 Å². The van der Waals surface area contributed by atoms with E-state index in [1.807, 2.05) is 37.4 Å². The summed E-state index contributed by atoms with van der Waals surface area (Å²) in [5, 5.41) is 13.7. The smallest absolute Gasteiger partial charge is 0.123 e. The molecule has 0 amide bonds. The van der Waals surface area contributed by atoms with Gasteiger partial charge < -0.3 is 9.72 Å². The Hall–Kier alpha value is -1.83. The molecule has 100 valence electrons. The number of hydrogen-bond donors (Lipinski definition) is 2. The summed E-state index contributed by atoms with van der Waals surface area (Å²) in [6.45, 7) is 4.23. The van der Waals surface area contributed by atoms with Crippen LogP contribution >= 0.6 is 0 Å². The quantitative estimate of drug-likeness (QED) is 0.750. The Bertz CT molecular complexity index is 556. The van der Waals surface area contributed by atoms with Crippen LogP contribution in [-0.2, 0) is 4.74 Å².